The van der Waals surface area contributed by atoms with E-state index in [-0.39, 0.29) is 18.6 Å². The summed E-state index contributed by atoms with van der Waals surface area (Å²) in [5.41, 5.74) is 1.16. The summed E-state index contributed by atoms with van der Waals surface area (Å²) in [6.07, 6.45) is 1.89. The standard InChI is InChI=1S/C24H32ClN3O4/c1-15(2)11-19(28-23(30)32-24(4,5)6)14-31-21-8-7-17(12-20(21)25)18-9-10-26-22(13-18)27-16(3)29/h7-10,12-13,15,19H,11,14H2,1-6H3,(H,28,30)(H,26,27,29)/t19-/m0/s1. The lowest BCUT2D eigenvalue weighted by molar-refractivity contribution is -0.114. The molecule has 0 saturated carbocycles. The molecule has 1 atom stereocenters. The number of rotatable bonds is 8. The molecule has 8 heteroatoms. The van der Waals surface area contributed by atoms with Crippen LogP contribution in [0.25, 0.3) is 11.1 Å². The maximum atomic E-state index is 12.2. The van der Waals surface area contributed by atoms with Crippen LogP contribution in [-0.4, -0.2) is 35.2 Å². The Hall–Kier alpha value is -2.80. The number of amides is 2. The van der Waals surface area contributed by atoms with Gasteiger partial charge in [-0.15, -0.1) is 0 Å². The molecule has 32 heavy (non-hydrogen) atoms. The van der Waals surface area contributed by atoms with Crippen LogP contribution in [0.1, 0.15) is 48.0 Å². The first-order chi connectivity index (χ1) is 14.9. The number of aromatic nitrogens is 1. The number of carbonyl (C=O) groups excluding carboxylic acids is 2. The molecule has 7 nitrogen and oxygen atoms in total. The fourth-order valence-electron chi connectivity index (χ4n) is 3.06. The van der Waals surface area contributed by atoms with Gasteiger partial charge in [0.1, 0.15) is 23.8 Å². The monoisotopic (exact) mass is 461 g/mol. The molecule has 0 spiro atoms. The molecular weight excluding hydrogens is 430 g/mol. The molecule has 2 amide bonds. The first-order valence-corrected chi connectivity index (χ1v) is 11.0. The third-order valence-electron chi connectivity index (χ3n) is 4.25. The Labute approximate surface area is 194 Å². The second-order valence-electron chi connectivity index (χ2n) is 9.04. The average Bonchev–Trinajstić information content (AvgIpc) is 2.64. The highest BCUT2D eigenvalue weighted by Gasteiger charge is 2.21. The van der Waals surface area contributed by atoms with Gasteiger partial charge in [0, 0.05) is 13.1 Å². The van der Waals surface area contributed by atoms with Crippen LogP contribution < -0.4 is 15.4 Å². The van der Waals surface area contributed by atoms with Crippen molar-refractivity contribution in [3.63, 3.8) is 0 Å². The van der Waals surface area contributed by atoms with Crippen LogP contribution in [0.4, 0.5) is 10.6 Å². The van der Waals surface area contributed by atoms with Gasteiger partial charge in [0.2, 0.25) is 5.91 Å². The molecule has 2 N–H and O–H groups in total. The number of hydrogen-bond acceptors (Lipinski definition) is 5. The summed E-state index contributed by atoms with van der Waals surface area (Å²) in [6.45, 7) is 11.3. The smallest absolute Gasteiger partial charge is 0.407 e. The summed E-state index contributed by atoms with van der Waals surface area (Å²) in [6, 6.07) is 8.85. The number of alkyl carbamates (subject to hydrolysis) is 1. The van der Waals surface area contributed by atoms with Crippen LogP contribution >= 0.6 is 11.6 Å². The predicted octanol–water partition coefficient (Wildman–Crippen LogP) is 5.68. The summed E-state index contributed by atoms with van der Waals surface area (Å²) >= 11 is 6.46. The van der Waals surface area contributed by atoms with E-state index < -0.39 is 11.7 Å². The molecule has 0 fully saturated rings. The van der Waals surface area contributed by atoms with Crippen LogP contribution in [-0.2, 0) is 9.53 Å². The van der Waals surface area contributed by atoms with Crippen molar-refractivity contribution in [2.24, 2.45) is 5.92 Å². The van der Waals surface area contributed by atoms with E-state index in [1.807, 2.05) is 32.9 Å². The lowest BCUT2D eigenvalue weighted by Gasteiger charge is -2.25. The minimum absolute atomic E-state index is 0.188. The number of nitrogens with zero attached hydrogens (tertiary/aromatic N) is 1. The van der Waals surface area contributed by atoms with Gasteiger partial charge in [-0.1, -0.05) is 31.5 Å². The Morgan fingerprint density at radius 3 is 2.41 bits per heavy atom. The van der Waals surface area contributed by atoms with E-state index in [1.165, 1.54) is 6.92 Å². The van der Waals surface area contributed by atoms with Crippen molar-refractivity contribution in [2.75, 3.05) is 11.9 Å². The van der Waals surface area contributed by atoms with Gasteiger partial charge < -0.3 is 20.1 Å². The quantitative estimate of drug-likeness (QED) is 0.528. The van der Waals surface area contributed by atoms with Gasteiger partial charge in [-0.3, -0.25) is 4.79 Å². The lowest BCUT2D eigenvalue weighted by atomic mass is 10.0. The van der Waals surface area contributed by atoms with E-state index in [1.54, 1.807) is 24.4 Å². The molecule has 174 valence electrons. The maximum Gasteiger partial charge on any atom is 0.407 e. The normalized spacial score (nSPS) is 12.2. The summed E-state index contributed by atoms with van der Waals surface area (Å²) in [5.74, 6) is 1.16. The number of pyridine rings is 1. The molecule has 0 aliphatic carbocycles. The molecule has 1 aromatic carbocycles. The first-order valence-electron chi connectivity index (χ1n) is 10.6. The van der Waals surface area contributed by atoms with Crippen LogP contribution in [0, 0.1) is 5.92 Å². The topological polar surface area (TPSA) is 89.6 Å². The first kappa shape index (κ1) is 25.5. The molecule has 0 radical (unpaired) electrons. The summed E-state index contributed by atoms with van der Waals surface area (Å²) in [5, 5.41) is 5.99. The number of hydrogen-bond donors (Lipinski definition) is 2. The van der Waals surface area contributed by atoms with Crippen LogP contribution in [0.5, 0.6) is 5.75 Å². The minimum Gasteiger partial charge on any atom is -0.490 e. The Morgan fingerprint density at radius 1 is 1.12 bits per heavy atom. The number of benzene rings is 1. The van der Waals surface area contributed by atoms with Gasteiger partial charge in [0.15, 0.2) is 0 Å². The van der Waals surface area contributed by atoms with Crippen molar-refractivity contribution < 1.29 is 19.1 Å². The van der Waals surface area contributed by atoms with E-state index in [0.29, 0.717) is 22.5 Å². The molecule has 0 aliphatic heterocycles. The fourth-order valence-corrected chi connectivity index (χ4v) is 3.29. The Kier molecular flexibility index (Phi) is 8.89. The zero-order valence-electron chi connectivity index (χ0n) is 19.5. The van der Waals surface area contributed by atoms with Gasteiger partial charge in [-0.2, -0.15) is 0 Å². The van der Waals surface area contributed by atoms with Crippen LogP contribution in [0.15, 0.2) is 36.5 Å². The lowest BCUT2D eigenvalue weighted by Crippen LogP contribution is -2.42. The maximum absolute atomic E-state index is 12.2. The number of ether oxygens (including phenoxy) is 2. The summed E-state index contributed by atoms with van der Waals surface area (Å²) in [7, 11) is 0. The van der Waals surface area contributed by atoms with Gasteiger partial charge in [-0.25, -0.2) is 9.78 Å². The average molecular weight is 462 g/mol. The van der Waals surface area contributed by atoms with E-state index in [2.05, 4.69) is 29.5 Å². The zero-order valence-corrected chi connectivity index (χ0v) is 20.2. The molecule has 2 rings (SSSR count). The fraction of sp³-hybridized carbons (Fsp3) is 0.458. The second-order valence-corrected chi connectivity index (χ2v) is 9.45. The van der Waals surface area contributed by atoms with E-state index in [9.17, 15) is 9.59 Å². The van der Waals surface area contributed by atoms with Gasteiger partial charge in [-0.05, 0) is 68.5 Å². The van der Waals surface area contributed by atoms with Crippen molar-refractivity contribution >= 4 is 29.4 Å². The molecule has 0 aliphatic rings. The van der Waals surface area contributed by atoms with Crippen LogP contribution in [0.3, 0.4) is 0 Å². The third kappa shape index (κ3) is 8.75. The van der Waals surface area contributed by atoms with Gasteiger partial charge in [0.25, 0.3) is 0 Å². The Morgan fingerprint density at radius 2 is 1.81 bits per heavy atom. The summed E-state index contributed by atoms with van der Waals surface area (Å²) < 4.78 is 11.3. The highest BCUT2D eigenvalue weighted by molar-refractivity contribution is 6.32. The second kappa shape index (κ2) is 11.2. The summed E-state index contributed by atoms with van der Waals surface area (Å²) in [4.78, 5) is 27.6. The SMILES string of the molecule is CC(=O)Nc1cc(-c2ccc(OC[C@H](CC(C)C)NC(=O)OC(C)(C)C)c(Cl)c2)ccn1. The third-order valence-corrected chi connectivity index (χ3v) is 4.54. The molecule has 2 aromatic rings. The number of carbonyl (C=O) groups is 2. The van der Waals surface area contributed by atoms with Crippen molar-refractivity contribution in [3.05, 3.63) is 41.6 Å². The minimum atomic E-state index is -0.570. The van der Waals surface area contributed by atoms with E-state index in [4.69, 9.17) is 21.1 Å². The molecule has 0 bridgehead atoms. The van der Waals surface area contributed by atoms with Crippen molar-refractivity contribution in [2.45, 2.75) is 59.6 Å². The van der Waals surface area contributed by atoms with Crippen molar-refractivity contribution in [3.8, 4) is 16.9 Å². The number of halogens is 1. The highest BCUT2D eigenvalue weighted by Crippen LogP contribution is 2.31. The molecular formula is C24H32ClN3O4. The van der Waals surface area contributed by atoms with E-state index >= 15 is 0 Å². The molecule has 0 saturated heterocycles. The van der Waals surface area contributed by atoms with Crippen molar-refractivity contribution in [1.82, 2.24) is 10.3 Å². The largest absolute Gasteiger partial charge is 0.490 e. The van der Waals surface area contributed by atoms with Gasteiger partial charge >= 0.3 is 6.09 Å². The predicted molar refractivity (Wildman–Crippen MR) is 127 cm³/mol. The highest BCUT2D eigenvalue weighted by atomic mass is 35.5. The van der Waals surface area contributed by atoms with Gasteiger partial charge in [0.05, 0.1) is 11.1 Å². The van der Waals surface area contributed by atoms with E-state index in [0.717, 1.165) is 17.5 Å². The molecule has 1 aromatic heterocycles. The zero-order chi connectivity index (χ0) is 23.9. The number of nitrogens with one attached hydrogen (secondary N) is 2. The molecule has 1 heterocycles. The number of anilines is 1. The van der Waals surface area contributed by atoms with Crippen LogP contribution in [0.2, 0.25) is 5.02 Å². The Bertz CT molecular complexity index is 941. The van der Waals surface area contributed by atoms with Crippen molar-refractivity contribution in [1.29, 1.82) is 0 Å². The Balaban J connectivity index is 2.08. The molecule has 0 unspecified atom stereocenters.